The molecule has 1 saturated heterocycles. The maximum atomic E-state index is 13.3. The van der Waals surface area contributed by atoms with E-state index in [1.165, 1.54) is 90.9 Å². The van der Waals surface area contributed by atoms with Crippen molar-refractivity contribution >= 4 is 51.5 Å². The van der Waals surface area contributed by atoms with Crippen molar-refractivity contribution in [1.29, 1.82) is 0 Å². The number of anilines is 1. The second kappa shape index (κ2) is 39.2. The topological polar surface area (TPSA) is 195 Å². The van der Waals surface area contributed by atoms with Gasteiger partial charge in [0.25, 0.3) is 0 Å². The van der Waals surface area contributed by atoms with Crippen molar-refractivity contribution in [3.63, 3.8) is 0 Å². The molecule has 3 amide bonds. The number of carbonyl (C=O) groups is 3. The Bertz CT molecular complexity index is 3120. The summed E-state index contributed by atoms with van der Waals surface area (Å²) in [7, 11) is -5.69. The van der Waals surface area contributed by atoms with Crippen LogP contribution in [0.1, 0.15) is 215 Å². The fraction of sp³-hybridized carbons (Fsp3) is 0.714. The predicted molar refractivity (Wildman–Crippen MR) is 384 cm³/mol. The molecule has 3 saturated carbocycles. The first kappa shape index (κ1) is 83.0. The number of nitrogens with one attached hydrogen (secondary N) is 2. The summed E-state index contributed by atoms with van der Waals surface area (Å²) in [4.78, 5) is 43.0. The Labute approximate surface area is 639 Å². The van der Waals surface area contributed by atoms with Crippen LogP contribution in [0.15, 0.2) is 84.1 Å². The third kappa shape index (κ3) is 21.1. The van der Waals surface area contributed by atoms with Gasteiger partial charge in [-0.05, 0) is 168 Å². The van der Waals surface area contributed by atoms with E-state index in [1.54, 1.807) is 4.90 Å². The first-order valence-corrected chi connectivity index (χ1v) is 39.6. The SMILES string of the molecule is CCN1C(=CC=CC2=[N+](CCCCCC(=O)NCCOCCO[PH](=O)OCCCO[PH](=O)OC[C@@H]3C[C@@H](O)CN3C(=O)CCCCCNC(=O)O[C@H]3CC[C@@]4(C)C(=CCC5C4CC[C@@]4(C)C5CC[C@@H]4[C@@H](C)CCCC(C)C)C3)c3ccccc3C2(C)C)C(C)(C)c2ccccc21.[Y].[Y]. The van der Waals surface area contributed by atoms with Crippen molar-refractivity contribution < 1.29 is 126 Å². The van der Waals surface area contributed by atoms with Crippen molar-refractivity contribution in [3.8, 4) is 0 Å². The number of ether oxygens (including phenoxy) is 2. The molecule has 2 radical (unpaired) electrons. The monoisotopic (exact) mass is 1550 g/mol. The molecule has 17 nitrogen and oxygen atoms in total. The van der Waals surface area contributed by atoms with E-state index in [1.807, 2.05) is 0 Å². The molecular weight excluding hydrogens is 1430 g/mol. The first-order chi connectivity index (χ1) is 46.1. The van der Waals surface area contributed by atoms with E-state index in [4.69, 9.17) is 27.6 Å². The Kier molecular flexibility index (Phi) is 33.2. The Hall–Kier alpha value is -2.23. The van der Waals surface area contributed by atoms with E-state index in [-0.39, 0.29) is 152 Å². The zero-order valence-corrected chi connectivity index (χ0v) is 68.9. The number of hydrogen-bond acceptors (Lipinski definition) is 13. The van der Waals surface area contributed by atoms with Gasteiger partial charge in [-0.25, -0.2) is 4.79 Å². The number of hydrogen-bond donors (Lipinski definition) is 3. The number of carbonyl (C=O) groups excluding carboxylic acids is 3. The van der Waals surface area contributed by atoms with E-state index >= 15 is 0 Å². The maximum absolute atomic E-state index is 13.3. The van der Waals surface area contributed by atoms with Crippen LogP contribution in [0.5, 0.6) is 0 Å². The number of fused-ring (bicyclic) bond motifs is 7. The number of nitrogens with zero attached hydrogens (tertiary/aromatic N) is 3. The second-order valence-electron chi connectivity index (χ2n) is 30.8. The third-order valence-electron chi connectivity index (χ3n) is 23.4. The summed E-state index contributed by atoms with van der Waals surface area (Å²) < 4.78 is 60.4. The van der Waals surface area contributed by atoms with Gasteiger partial charge in [-0.2, -0.15) is 4.58 Å². The van der Waals surface area contributed by atoms with Crippen LogP contribution >= 0.6 is 16.5 Å². The number of benzene rings is 2. The van der Waals surface area contributed by atoms with Crippen molar-refractivity contribution in [2.45, 2.75) is 233 Å². The maximum Gasteiger partial charge on any atom is 0.407 e. The molecule has 540 valence electrons. The smallest absolute Gasteiger partial charge is 0.407 e. The minimum atomic E-state index is -2.90. The van der Waals surface area contributed by atoms with Crippen molar-refractivity contribution in [2.24, 2.45) is 46.3 Å². The summed E-state index contributed by atoms with van der Waals surface area (Å²) in [6.07, 6.45) is 27.8. The molecule has 3 N–H and O–H groups in total. The molecule has 0 aromatic heterocycles. The fourth-order valence-corrected chi connectivity index (χ4v) is 19.7. The van der Waals surface area contributed by atoms with E-state index in [9.17, 15) is 28.6 Å². The second-order valence-corrected chi connectivity index (χ2v) is 33.0. The zero-order valence-electron chi connectivity index (χ0n) is 61.2. The molecule has 5 unspecified atom stereocenters. The van der Waals surface area contributed by atoms with Crippen molar-refractivity contribution in [2.75, 3.05) is 77.3 Å². The van der Waals surface area contributed by atoms with Crippen molar-refractivity contribution in [3.05, 3.63) is 95.2 Å². The largest absolute Gasteiger partial charge is 0.446 e. The number of aliphatic hydroxyl groups is 1. The number of unbranched alkanes of at least 4 members (excludes halogenated alkanes) is 4. The quantitative estimate of drug-likeness (QED) is 0.0250. The van der Waals surface area contributed by atoms with Crippen molar-refractivity contribution in [1.82, 2.24) is 15.5 Å². The molecule has 4 fully saturated rings. The van der Waals surface area contributed by atoms with Crippen LogP contribution in [0.25, 0.3) is 0 Å². The predicted octanol–water partition coefficient (Wildman–Crippen LogP) is 15.9. The number of rotatable bonds is 37. The average Bonchev–Trinajstić information content (AvgIpc) is 1.31. The van der Waals surface area contributed by atoms with Gasteiger partial charge in [0.1, 0.15) is 12.6 Å². The van der Waals surface area contributed by atoms with Gasteiger partial charge in [0.2, 0.25) is 17.5 Å². The Balaban J connectivity index is 0.00000676. The fourth-order valence-electron chi connectivity index (χ4n) is 18.3. The molecule has 4 aliphatic carbocycles. The Morgan fingerprint density at radius 1 is 0.735 bits per heavy atom. The molecule has 12 atom stereocenters. The summed E-state index contributed by atoms with van der Waals surface area (Å²) in [5.41, 5.74) is 9.72. The zero-order chi connectivity index (χ0) is 68.6. The van der Waals surface area contributed by atoms with Gasteiger partial charge < -0.3 is 53.1 Å². The number of para-hydroxylation sites is 2. The van der Waals surface area contributed by atoms with Gasteiger partial charge in [-0.1, -0.05) is 128 Å². The first-order valence-electron chi connectivity index (χ1n) is 37.1. The Morgan fingerprint density at radius 3 is 2.21 bits per heavy atom. The van der Waals surface area contributed by atoms with E-state index in [2.05, 4.69) is 162 Å². The molecule has 21 heteroatoms. The summed E-state index contributed by atoms with van der Waals surface area (Å²) >= 11 is 0. The molecule has 3 aliphatic heterocycles. The molecule has 3 heterocycles. The summed E-state index contributed by atoms with van der Waals surface area (Å²) in [6.45, 7) is 27.3. The van der Waals surface area contributed by atoms with Crippen LogP contribution in [0, 0.1) is 46.3 Å². The molecule has 2 aromatic carbocycles. The number of likely N-dealkylation sites (tertiary alicyclic amines) is 1. The number of β-amino-alcohol motifs (C(OH)–C–C–N with tert-alkyl or cyclic N) is 1. The molecule has 7 aliphatic rings. The van der Waals surface area contributed by atoms with Gasteiger partial charge in [0.05, 0.1) is 57.2 Å². The van der Waals surface area contributed by atoms with E-state index in [0.717, 1.165) is 93.5 Å². The minimum absolute atomic E-state index is 0. The van der Waals surface area contributed by atoms with Gasteiger partial charge in [-0.15, -0.1) is 0 Å². The number of aliphatic hydroxyl groups excluding tert-OH is 1. The third-order valence-corrected chi connectivity index (χ3v) is 25.2. The molecule has 0 bridgehead atoms. The molecule has 98 heavy (non-hydrogen) atoms. The van der Waals surface area contributed by atoms with Crippen LogP contribution in [-0.2, 0) is 123 Å². The van der Waals surface area contributed by atoms with E-state index in [0.29, 0.717) is 57.0 Å². The van der Waals surface area contributed by atoms with Gasteiger partial charge in [-0.3, -0.25) is 18.7 Å². The normalized spacial score (nSPS) is 27.1. The van der Waals surface area contributed by atoms with E-state index < -0.39 is 28.7 Å². The van der Waals surface area contributed by atoms with Gasteiger partial charge in [0, 0.05) is 152 Å². The van der Waals surface area contributed by atoms with Crippen LogP contribution in [-0.4, -0.2) is 129 Å². The van der Waals surface area contributed by atoms with Gasteiger partial charge in [0.15, 0.2) is 5.71 Å². The number of alkyl carbamates (subject to hydrolysis) is 1. The standard InChI is InChI=1S/C77H119N5O12P2.2Y/c1-11-80-67-29-18-16-27-65(67)74(5,6)69(80)31-23-32-70-75(7,8)66-28-17-19-30-68(66)81(70)45-21-13-14-33-71(84)78-44-48-89-49-50-92-95(87)90-46-24-47-91-96(88)93-54-58-52-59(83)53-82(58)72(85)34-15-12-20-43-79-73(86)94-60-39-41-76(9)57(51-60)35-36-61-63-38-37-62(56(4)26-22-25-55(2)3)77(63,10)42-40-64(61)76;;/h16-19,23,27-32,35,55-56,58-64,83,95-96H,11-15,20-22,24-26,33-34,36-54H2,1-10H3,(H-,78,79,84,86);;/p+1/t56-,58-,59+,60-,61?,62+,63?,64?,76-,77+;;/m0../s1. The number of likely N-dealkylation sites (N-methyl/N-ethyl adjacent to an activating group) is 1. The molecule has 0 spiro atoms. The van der Waals surface area contributed by atoms with Crippen LogP contribution < -0.4 is 15.5 Å². The van der Waals surface area contributed by atoms with Crippen LogP contribution in [0.4, 0.5) is 16.2 Å². The molecule has 9 rings (SSSR count). The summed E-state index contributed by atoms with van der Waals surface area (Å²) in [5, 5.41) is 16.3. The minimum Gasteiger partial charge on any atom is -0.446 e. The number of allylic oxidation sites excluding steroid dienone is 5. The Morgan fingerprint density at radius 2 is 1.45 bits per heavy atom. The summed E-state index contributed by atoms with van der Waals surface area (Å²) in [6, 6.07) is 17.0. The van der Waals surface area contributed by atoms with Gasteiger partial charge >= 0.3 is 22.6 Å². The van der Waals surface area contributed by atoms with Crippen LogP contribution in [0.2, 0.25) is 0 Å². The number of amides is 3. The van der Waals surface area contributed by atoms with Crippen LogP contribution in [0.3, 0.4) is 0 Å². The average molecular weight is 1550 g/mol. The summed E-state index contributed by atoms with van der Waals surface area (Å²) in [5.74, 6) is 4.66. The molecular formula is C77H120N5O12P2Y2+. The molecule has 2 aromatic rings.